The first-order chi connectivity index (χ1) is 9.19. The number of hydrogen-bond acceptors (Lipinski definition) is 5. The maximum Gasteiger partial charge on any atom is 0.262 e. The predicted molar refractivity (Wildman–Crippen MR) is 70.0 cm³/mol. The molecule has 0 atom stereocenters. The van der Waals surface area contributed by atoms with E-state index in [0.717, 1.165) is 5.56 Å². The third kappa shape index (κ3) is 1.81. The number of anilines is 1. The molecule has 0 aliphatic carbocycles. The van der Waals surface area contributed by atoms with Gasteiger partial charge in [0, 0.05) is 11.6 Å². The predicted octanol–water partition coefficient (Wildman–Crippen LogP) is 0.675. The monoisotopic (exact) mass is 257 g/mol. The summed E-state index contributed by atoms with van der Waals surface area (Å²) < 4.78 is 6.36. The smallest absolute Gasteiger partial charge is 0.262 e. The number of benzene rings is 1. The second-order valence-electron chi connectivity index (χ2n) is 3.95. The summed E-state index contributed by atoms with van der Waals surface area (Å²) in [4.78, 5) is 16.3. The second-order valence-corrected chi connectivity index (χ2v) is 3.95. The first-order valence-electron chi connectivity index (χ1n) is 5.57. The molecule has 7 nitrogen and oxygen atoms in total. The first-order valence-corrected chi connectivity index (χ1v) is 5.57. The normalized spacial score (nSPS) is 10.8. The van der Waals surface area contributed by atoms with E-state index in [0.29, 0.717) is 17.2 Å². The van der Waals surface area contributed by atoms with Gasteiger partial charge in [-0.15, -0.1) is 5.10 Å². The Morgan fingerprint density at radius 2 is 2.21 bits per heavy atom. The van der Waals surface area contributed by atoms with Crippen LogP contribution < -0.4 is 16.0 Å². The molecule has 0 amide bonds. The lowest BCUT2D eigenvalue weighted by atomic mass is 10.1. The molecule has 0 bridgehead atoms. The number of methoxy groups -OCH3 is 1. The minimum Gasteiger partial charge on any atom is -0.497 e. The summed E-state index contributed by atoms with van der Waals surface area (Å²) in [5, 5.41) is 6.37. The molecule has 1 aromatic carbocycles. The molecule has 0 unspecified atom stereocenters. The van der Waals surface area contributed by atoms with Gasteiger partial charge in [0.2, 0.25) is 11.7 Å². The number of fused-ring (bicyclic) bond motifs is 1. The van der Waals surface area contributed by atoms with Crippen LogP contribution in [0.5, 0.6) is 5.75 Å². The molecular weight excluding hydrogens is 246 g/mol. The molecule has 3 rings (SSSR count). The summed E-state index contributed by atoms with van der Waals surface area (Å²) in [7, 11) is 1.58. The number of rotatable bonds is 2. The molecule has 0 saturated carbocycles. The Hall–Kier alpha value is -2.83. The molecule has 7 heteroatoms. The molecule has 0 fully saturated rings. The summed E-state index contributed by atoms with van der Waals surface area (Å²) in [6.45, 7) is 0. The van der Waals surface area contributed by atoms with Crippen molar-refractivity contribution >= 4 is 11.7 Å². The maximum absolute atomic E-state index is 12.0. The van der Waals surface area contributed by atoms with E-state index in [2.05, 4.69) is 15.2 Å². The SMILES string of the molecule is COc1cccc(-c2cc(=O)n3c(N)n[nH]c3n2)c1. The van der Waals surface area contributed by atoms with E-state index in [-0.39, 0.29) is 11.5 Å². The molecule has 96 valence electrons. The van der Waals surface area contributed by atoms with E-state index in [9.17, 15) is 4.79 Å². The minimum absolute atomic E-state index is 0.0877. The number of H-pyrrole nitrogens is 1. The number of nitrogen functional groups attached to an aromatic ring is 1. The molecule has 3 N–H and O–H groups in total. The fourth-order valence-corrected chi connectivity index (χ4v) is 1.87. The molecule has 2 aromatic heterocycles. The molecule has 0 radical (unpaired) electrons. The van der Waals surface area contributed by atoms with E-state index in [1.54, 1.807) is 13.2 Å². The van der Waals surface area contributed by atoms with Crippen molar-refractivity contribution in [3.8, 4) is 17.0 Å². The summed E-state index contributed by atoms with van der Waals surface area (Å²) in [6, 6.07) is 8.72. The molecule has 19 heavy (non-hydrogen) atoms. The van der Waals surface area contributed by atoms with Crippen molar-refractivity contribution in [1.29, 1.82) is 0 Å². The van der Waals surface area contributed by atoms with Crippen molar-refractivity contribution < 1.29 is 4.74 Å². The zero-order chi connectivity index (χ0) is 13.4. The van der Waals surface area contributed by atoms with Crippen molar-refractivity contribution in [3.05, 3.63) is 40.7 Å². The number of hydrogen-bond donors (Lipinski definition) is 2. The Balaban J connectivity index is 2.22. The van der Waals surface area contributed by atoms with Gasteiger partial charge in [0.25, 0.3) is 5.56 Å². The van der Waals surface area contributed by atoms with Crippen LogP contribution in [0.4, 0.5) is 5.95 Å². The molecule has 3 aromatic rings. The van der Waals surface area contributed by atoms with Gasteiger partial charge in [0.05, 0.1) is 12.8 Å². The average Bonchev–Trinajstić information content (AvgIpc) is 2.81. The number of nitrogens with two attached hydrogens (primary N) is 1. The fourth-order valence-electron chi connectivity index (χ4n) is 1.87. The highest BCUT2D eigenvalue weighted by Crippen LogP contribution is 2.21. The van der Waals surface area contributed by atoms with Gasteiger partial charge in [-0.05, 0) is 12.1 Å². The van der Waals surface area contributed by atoms with Crippen LogP contribution in [0, 0.1) is 0 Å². The maximum atomic E-state index is 12.0. The first kappa shape index (κ1) is 11.3. The fraction of sp³-hybridized carbons (Fsp3) is 0.0833. The van der Waals surface area contributed by atoms with Crippen LogP contribution in [0.15, 0.2) is 35.1 Å². The number of nitrogens with one attached hydrogen (secondary N) is 1. The van der Waals surface area contributed by atoms with Crippen LogP contribution in [0.1, 0.15) is 0 Å². The summed E-state index contributed by atoms with van der Waals surface area (Å²) in [5.41, 5.74) is 6.61. The Labute approximate surface area is 107 Å². The van der Waals surface area contributed by atoms with Crippen molar-refractivity contribution in [2.45, 2.75) is 0 Å². The van der Waals surface area contributed by atoms with Crippen LogP contribution in [-0.4, -0.2) is 26.7 Å². The van der Waals surface area contributed by atoms with Gasteiger partial charge in [-0.1, -0.05) is 12.1 Å². The average molecular weight is 257 g/mol. The van der Waals surface area contributed by atoms with Gasteiger partial charge in [0.15, 0.2) is 0 Å². The van der Waals surface area contributed by atoms with Crippen LogP contribution in [-0.2, 0) is 0 Å². The quantitative estimate of drug-likeness (QED) is 0.703. The number of ether oxygens (including phenoxy) is 1. The lowest BCUT2D eigenvalue weighted by Crippen LogP contribution is -2.15. The van der Waals surface area contributed by atoms with E-state index < -0.39 is 0 Å². The highest BCUT2D eigenvalue weighted by Gasteiger charge is 2.09. The minimum atomic E-state index is -0.283. The highest BCUT2D eigenvalue weighted by atomic mass is 16.5. The van der Waals surface area contributed by atoms with Crippen molar-refractivity contribution in [1.82, 2.24) is 19.6 Å². The second kappa shape index (κ2) is 4.13. The number of aromatic nitrogens is 4. The van der Waals surface area contributed by atoms with Gasteiger partial charge >= 0.3 is 0 Å². The van der Waals surface area contributed by atoms with Gasteiger partial charge in [-0.25, -0.2) is 14.5 Å². The van der Waals surface area contributed by atoms with Crippen LogP contribution in [0.3, 0.4) is 0 Å². The van der Waals surface area contributed by atoms with Crippen LogP contribution >= 0.6 is 0 Å². The summed E-state index contributed by atoms with van der Waals surface area (Å²) in [5.74, 6) is 1.09. The number of nitrogens with zero attached hydrogens (tertiary/aromatic N) is 3. The molecular formula is C12H11N5O2. The largest absolute Gasteiger partial charge is 0.497 e. The zero-order valence-electron chi connectivity index (χ0n) is 10.1. The molecule has 0 saturated heterocycles. The van der Waals surface area contributed by atoms with Crippen molar-refractivity contribution in [2.75, 3.05) is 12.8 Å². The van der Waals surface area contributed by atoms with E-state index in [4.69, 9.17) is 10.5 Å². The van der Waals surface area contributed by atoms with Crippen molar-refractivity contribution in [3.63, 3.8) is 0 Å². The third-order valence-corrected chi connectivity index (χ3v) is 2.78. The van der Waals surface area contributed by atoms with E-state index in [1.807, 2.05) is 18.2 Å². The van der Waals surface area contributed by atoms with E-state index in [1.165, 1.54) is 10.5 Å². The third-order valence-electron chi connectivity index (χ3n) is 2.78. The van der Waals surface area contributed by atoms with Crippen LogP contribution in [0.2, 0.25) is 0 Å². The summed E-state index contributed by atoms with van der Waals surface area (Å²) in [6.07, 6.45) is 0. The van der Waals surface area contributed by atoms with Gasteiger partial charge < -0.3 is 10.5 Å². The van der Waals surface area contributed by atoms with E-state index >= 15 is 0 Å². The topological polar surface area (TPSA) is 98.3 Å². The van der Waals surface area contributed by atoms with Crippen molar-refractivity contribution in [2.24, 2.45) is 0 Å². The Kier molecular flexibility index (Phi) is 2.45. The Bertz CT molecular complexity index is 805. The zero-order valence-corrected chi connectivity index (χ0v) is 10.1. The molecule has 2 heterocycles. The molecule has 0 aliphatic rings. The standard InChI is InChI=1S/C12H11N5O2/c1-19-8-4-2-3-7(5-8)9-6-10(18)17-11(13)15-16-12(17)14-9/h2-6H,1H3,(H2,13,15)(H,14,16). The Morgan fingerprint density at radius 3 is 3.00 bits per heavy atom. The summed E-state index contributed by atoms with van der Waals surface area (Å²) >= 11 is 0. The van der Waals surface area contributed by atoms with Gasteiger partial charge in [0.1, 0.15) is 5.75 Å². The number of aromatic amines is 1. The van der Waals surface area contributed by atoms with Gasteiger partial charge in [-0.2, -0.15) is 0 Å². The lowest BCUT2D eigenvalue weighted by molar-refractivity contribution is 0.415. The molecule has 0 spiro atoms. The Morgan fingerprint density at radius 1 is 1.37 bits per heavy atom. The lowest BCUT2D eigenvalue weighted by Gasteiger charge is -2.04. The highest BCUT2D eigenvalue weighted by molar-refractivity contribution is 5.62. The van der Waals surface area contributed by atoms with Crippen LogP contribution in [0.25, 0.3) is 17.0 Å². The molecule has 0 aliphatic heterocycles. The van der Waals surface area contributed by atoms with Gasteiger partial charge in [-0.3, -0.25) is 4.79 Å².